The predicted molar refractivity (Wildman–Crippen MR) is 166 cm³/mol. The third-order valence-corrected chi connectivity index (χ3v) is 6.99. The molecule has 3 heterocycles. The first-order valence-electron chi connectivity index (χ1n) is 13.6. The van der Waals surface area contributed by atoms with Crippen LogP contribution in [0.3, 0.4) is 0 Å². The van der Waals surface area contributed by atoms with Gasteiger partial charge in [0.2, 0.25) is 0 Å². The summed E-state index contributed by atoms with van der Waals surface area (Å²) >= 11 is 0. The fourth-order valence-electron chi connectivity index (χ4n) is 4.99. The second-order valence-electron chi connectivity index (χ2n) is 9.76. The fourth-order valence-corrected chi connectivity index (χ4v) is 4.99. The molecule has 6 heteroatoms. The van der Waals surface area contributed by atoms with Gasteiger partial charge in [0.1, 0.15) is 0 Å². The monoisotopic (exact) mass is 540 g/mol. The van der Waals surface area contributed by atoms with Crippen molar-refractivity contribution >= 4 is 0 Å². The van der Waals surface area contributed by atoms with Gasteiger partial charge < -0.3 is 0 Å². The van der Waals surface area contributed by atoms with Gasteiger partial charge in [0, 0.05) is 53.9 Å². The van der Waals surface area contributed by atoms with Gasteiger partial charge in [-0.25, -0.2) is 29.9 Å². The molecule has 0 bridgehead atoms. The summed E-state index contributed by atoms with van der Waals surface area (Å²) in [5, 5.41) is 0. The number of aromatic nitrogens is 6. The zero-order chi connectivity index (χ0) is 28.1. The van der Waals surface area contributed by atoms with Gasteiger partial charge in [-0.2, -0.15) is 0 Å². The topological polar surface area (TPSA) is 77.3 Å². The van der Waals surface area contributed by atoms with Crippen LogP contribution in [-0.2, 0) is 0 Å². The Hall–Kier alpha value is -5.88. The Morgan fingerprint density at radius 3 is 0.762 bits per heavy atom. The summed E-state index contributed by atoms with van der Waals surface area (Å²) in [7, 11) is 0. The van der Waals surface area contributed by atoms with E-state index in [1.54, 1.807) is 37.2 Å². The largest absolute Gasteiger partial charge is 0.237 e. The molecule has 4 aromatic carbocycles. The van der Waals surface area contributed by atoms with Crippen LogP contribution >= 0.6 is 0 Å². The zero-order valence-corrected chi connectivity index (χ0v) is 22.5. The molecule has 6 nitrogen and oxygen atoms in total. The second kappa shape index (κ2) is 11.3. The van der Waals surface area contributed by atoms with Gasteiger partial charge in [0.25, 0.3) is 0 Å². The standard InChI is InChI=1S/C36H24N6/c1-7-25(19-28(10-1)34-37-13-4-14-38-34)31-22-32(26-8-2-11-29(20-26)35-39-15-5-16-40-35)24-33(23-31)27-9-3-12-30(21-27)36-41-17-6-18-42-36/h1-24H. The molecule has 0 radical (unpaired) electrons. The minimum Gasteiger partial charge on any atom is -0.237 e. The van der Waals surface area contributed by atoms with E-state index in [4.69, 9.17) is 0 Å². The van der Waals surface area contributed by atoms with Crippen molar-refractivity contribution in [2.24, 2.45) is 0 Å². The predicted octanol–water partition coefficient (Wildman–Crippen LogP) is 8.06. The van der Waals surface area contributed by atoms with Crippen molar-refractivity contribution in [2.75, 3.05) is 0 Å². The maximum absolute atomic E-state index is 4.46. The Morgan fingerprint density at radius 1 is 0.238 bits per heavy atom. The Labute approximate surface area is 243 Å². The molecule has 0 spiro atoms. The van der Waals surface area contributed by atoms with Crippen molar-refractivity contribution < 1.29 is 0 Å². The maximum Gasteiger partial charge on any atom is 0.159 e. The number of rotatable bonds is 6. The van der Waals surface area contributed by atoms with Crippen LogP contribution in [0.4, 0.5) is 0 Å². The Morgan fingerprint density at radius 2 is 0.476 bits per heavy atom. The fraction of sp³-hybridized carbons (Fsp3) is 0. The van der Waals surface area contributed by atoms with Gasteiger partial charge in [-0.1, -0.05) is 54.6 Å². The number of nitrogens with zero attached hydrogens (tertiary/aromatic N) is 6. The first-order chi connectivity index (χ1) is 20.8. The lowest BCUT2D eigenvalue weighted by atomic mass is 9.91. The highest BCUT2D eigenvalue weighted by Gasteiger charge is 2.12. The average Bonchev–Trinajstić information content (AvgIpc) is 3.09. The third-order valence-electron chi connectivity index (χ3n) is 6.99. The van der Waals surface area contributed by atoms with Gasteiger partial charge in [0.15, 0.2) is 17.5 Å². The molecule has 0 aliphatic heterocycles. The van der Waals surface area contributed by atoms with E-state index in [0.717, 1.165) is 50.1 Å². The van der Waals surface area contributed by atoms with Crippen molar-refractivity contribution in [3.63, 3.8) is 0 Å². The molecule has 0 aliphatic carbocycles. The van der Waals surface area contributed by atoms with Crippen LogP contribution in [0.2, 0.25) is 0 Å². The summed E-state index contributed by atoms with van der Waals surface area (Å²) in [4.78, 5) is 26.7. The van der Waals surface area contributed by atoms with Crippen molar-refractivity contribution in [1.82, 2.24) is 29.9 Å². The van der Waals surface area contributed by atoms with Crippen LogP contribution in [0.15, 0.2) is 146 Å². The lowest BCUT2D eigenvalue weighted by molar-refractivity contribution is 1.18. The third kappa shape index (κ3) is 5.29. The van der Waals surface area contributed by atoms with Gasteiger partial charge in [-0.05, 0) is 88.0 Å². The molecule has 0 fully saturated rings. The number of hydrogen-bond donors (Lipinski definition) is 0. The van der Waals surface area contributed by atoms with E-state index in [1.807, 2.05) is 54.6 Å². The van der Waals surface area contributed by atoms with Gasteiger partial charge >= 0.3 is 0 Å². The summed E-state index contributed by atoms with van der Waals surface area (Å²) in [6.07, 6.45) is 10.6. The van der Waals surface area contributed by atoms with Crippen molar-refractivity contribution in [3.8, 4) is 67.5 Å². The van der Waals surface area contributed by atoms with Crippen molar-refractivity contribution in [3.05, 3.63) is 146 Å². The van der Waals surface area contributed by atoms with E-state index in [-0.39, 0.29) is 0 Å². The van der Waals surface area contributed by atoms with Crippen molar-refractivity contribution in [1.29, 1.82) is 0 Å². The summed E-state index contributed by atoms with van der Waals surface area (Å²) in [5.74, 6) is 2.09. The molecule has 42 heavy (non-hydrogen) atoms. The number of benzene rings is 4. The summed E-state index contributed by atoms with van der Waals surface area (Å²) < 4.78 is 0. The minimum absolute atomic E-state index is 0.696. The van der Waals surface area contributed by atoms with Gasteiger partial charge in [-0.15, -0.1) is 0 Å². The molecule has 0 saturated heterocycles. The molecular weight excluding hydrogens is 516 g/mol. The van der Waals surface area contributed by atoms with Crippen LogP contribution < -0.4 is 0 Å². The van der Waals surface area contributed by atoms with Crippen LogP contribution in [-0.4, -0.2) is 29.9 Å². The normalized spacial score (nSPS) is 10.9. The molecule has 0 N–H and O–H groups in total. The highest BCUT2D eigenvalue weighted by atomic mass is 14.9. The summed E-state index contributed by atoms with van der Waals surface area (Å²) in [6, 6.07) is 37.2. The van der Waals surface area contributed by atoms with Crippen molar-refractivity contribution in [2.45, 2.75) is 0 Å². The summed E-state index contributed by atoms with van der Waals surface area (Å²) in [6.45, 7) is 0. The first kappa shape index (κ1) is 25.1. The smallest absolute Gasteiger partial charge is 0.159 e. The number of hydrogen-bond acceptors (Lipinski definition) is 6. The van der Waals surface area contributed by atoms with E-state index in [9.17, 15) is 0 Å². The molecule has 7 aromatic rings. The Kier molecular flexibility index (Phi) is 6.76. The Bertz CT molecular complexity index is 1730. The molecular formula is C36H24N6. The molecule has 0 saturated carbocycles. The molecule has 3 aromatic heterocycles. The van der Waals surface area contributed by atoms with Gasteiger partial charge in [0.05, 0.1) is 0 Å². The highest BCUT2D eigenvalue weighted by molar-refractivity contribution is 5.84. The first-order valence-corrected chi connectivity index (χ1v) is 13.6. The maximum atomic E-state index is 4.46. The van der Waals surface area contributed by atoms with E-state index >= 15 is 0 Å². The van der Waals surface area contributed by atoms with Crippen LogP contribution in [0.5, 0.6) is 0 Å². The lowest BCUT2D eigenvalue weighted by Gasteiger charge is -2.13. The van der Waals surface area contributed by atoms with Crippen LogP contribution in [0, 0.1) is 0 Å². The molecule has 0 atom stereocenters. The van der Waals surface area contributed by atoms with E-state index < -0.39 is 0 Å². The molecule has 0 unspecified atom stereocenters. The Balaban J connectivity index is 1.38. The van der Waals surface area contributed by atoms with E-state index in [1.165, 1.54) is 0 Å². The SMILES string of the molecule is c1cnc(-c2cccc(-c3cc(-c4cccc(-c5ncccn5)c4)cc(-c4cccc(-c5ncccn5)c4)c3)c2)nc1. The second-order valence-corrected chi connectivity index (χ2v) is 9.76. The highest BCUT2D eigenvalue weighted by Crippen LogP contribution is 2.36. The van der Waals surface area contributed by atoms with Gasteiger partial charge in [-0.3, -0.25) is 0 Å². The van der Waals surface area contributed by atoms with E-state index in [2.05, 4.69) is 84.5 Å². The average molecular weight is 541 g/mol. The lowest BCUT2D eigenvalue weighted by Crippen LogP contribution is -1.91. The molecule has 7 rings (SSSR count). The molecule has 198 valence electrons. The quantitative estimate of drug-likeness (QED) is 0.212. The van der Waals surface area contributed by atoms with Crippen LogP contribution in [0.1, 0.15) is 0 Å². The molecule has 0 amide bonds. The molecule has 0 aliphatic rings. The van der Waals surface area contributed by atoms with Crippen LogP contribution in [0.25, 0.3) is 67.5 Å². The van der Waals surface area contributed by atoms with E-state index in [0.29, 0.717) is 17.5 Å². The zero-order valence-electron chi connectivity index (χ0n) is 22.5. The minimum atomic E-state index is 0.696. The summed E-state index contributed by atoms with van der Waals surface area (Å²) in [5.41, 5.74) is 9.38.